The standard InChI is InChI=1S/C19H26N6O5.CH4/c1-4-6-9-30-19-22-17(20)16(25(27)28)18(23-19)24(12-15(26)29-5-2)11-14-8-7-13(3)21-10-14;/h7-8,10H,4-6,9,11-12H2,1-3H3,(H2,20,22,23);1H4. The maximum atomic E-state index is 12.2. The lowest BCUT2D eigenvalue weighted by molar-refractivity contribution is -0.383. The largest absolute Gasteiger partial charge is 0.465 e. The predicted molar refractivity (Wildman–Crippen MR) is 117 cm³/mol. The Morgan fingerprint density at radius 3 is 2.61 bits per heavy atom. The quantitative estimate of drug-likeness (QED) is 0.242. The van der Waals surface area contributed by atoms with Crippen LogP contribution in [0.25, 0.3) is 0 Å². The lowest BCUT2D eigenvalue weighted by Crippen LogP contribution is -2.32. The van der Waals surface area contributed by atoms with Crippen molar-refractivity contribution in [2.75, 3.05) is 30.4 Å². The number of pyridine rings is 1. The van der Waals surface area contributed by atoms with Crippen molar-refractivity contribution in [2.24, 2.45) is 0 Å². The van der Waals surface area contributed by atoms with Gasteiger partial charge in [0.25, 0.3) is 0 Å². The molecular weight excluding hydrogens is 404 g/mol. The van der Waals surface area contributed by atoms with Crippen LogP contribution in [0.1, 0.15) is 45.4 Å². The highest BCUT2D eigenvalue weighted by atomic mass is 16.6. The molecule has 0 bridgehead atoms. The van der Waals surface area contributed by atoms with Gasteiger partial charge in [-0.3, -0.25) is 19.9 Å². The smallest absolute Gasteiger partial charge is 0.353 e. The van der Waals surface area contributed by atoms with E-state index in [1.165, 1.54) is 4.90 Å². The van der Waals surface area contributed by atoms with Crippen molar-refractivity contribution in [3.05, 3.63) is 39.7 Å². The number of carbonyl (C=O) groups is 1. The number of unbranched alkanes of at least 4 members (excludes halogenated alkanes) is 1. The van der Waals surface area contributed by atoms with Crippen molar-refractivity contribution in [1.29, 1.82) is 0 Å². The van der Waals surface area contributed by atoms with Gasteiger partial charge in [-0.25, -0.2) is 0 Å². The van der Waals surface area contributed by atoms with E-state index in [-0.39, 0.29) is 44.8 Å². The van der Waals surface area contributed by atoms with Crippen LogP contribution in [0, 0.1) is 17.0 Å². The van der Waals surface area contributed by atoms with Crippen molar-refractivity contribution >= 4 is 23.3 Å². The molecule has 0 radical (unpaired) electrons. The molecule has 170 valence electrons. The Hall–Kier alpha value is -3.50. The Bertz CT molecular complexity index is 875. The van der Waals surface area contributed by atoms with E-state index in [9.17, 15) is 14.9 Å². The summed E-state index contributed by atoms with van der Waals surface area (Å²) in [6.07, 6.45) is 3.28. The summed E-state index contributed by atoms with van der Waals surface area (Å²) in [6, 6.07) is 3.53. The molecule has 2 N–H and O–H groups in total. The fourth-order valence-corrected chi connectivity index (χ4v) is 2.59. The first-order valence-corrected chi connectivity index (χ1v) is 9.62. The fourth-order valence-electron chi connectivity index (χ4n) is 2.59. The first kappa shape index (κ1) is 25.5. The minimum Gasteiger partial charge on any atom is -0.465 e. The van der Waals surface area contributed by atoms with Crippen molar-refractivity contribution in [1.82, 2.24) is 15.0 Å². The van der Waals surface area contributed by atoms with Gasteiger partial charge in [0.1, 0.15) is 6.54 Å². The van der Waals surface area contributed by atoms with E-state index in [1.54, 1.807) is 19.2 Å². The third-order valence-corrected chi connectivity index (χ3v) is 4.05. The van der Waals surface area contributed by atoms with E-state index in [0.29, 0.717) is 6.61 Å². The van der Waals surface area contributed by atoms with Gasteiger partial charge in [0.05, 0.1) is 18.1 Å². The van der Waals surface area contributed by atoms with Gasteiger partial charge >= 0.3 is 17.7 Å². The number of nitrogens with zero attached hydrogens (tertiary/aromatic N) is 5. The summed E-state index contributed by atoms with van der Waals surface area (Å²) < 4.78 is 10.5. The van der Waals surface area contributed by atoms with E-state index in [1.807, 2.05) is 19.9 Å². The number of aromatic nitrogens is 3. The number of aryl methyl sites for hydroxylation is 1. The van der Waals surface area contributed by atoms with Crippen LogP contribution >= 0.6 is 0 Å². The van der Waals surface area contributed by atoms with Crippen LogP contribution in [0.2, 0.25) is 0 Å². The van der Waals surface area contributed by atoms with Gasteiger partial charge in [-0.05, 0) is 31.9 Å². The third kappa shape index (κ3) is 7.36. The molecule has 11 heteroatoms. The van der Waals surface area contributed by atoms with E-state index in [2.05, 4.69) is 15.0 Å². The zero-order chi connectivity index (χ0) is 22.1. The van der Waals surface area contributed by atoms with Gasteiger partial charge in [0.2, 0.25) is 11.6 Å². The number of nitrogens with two attached hydrogens (primary N) is 1. The molecular formula is C20H30N6O5. The molecule has 0 aromatic carbocycles. The molecule has 11 nitrogen and oxygen atoms in total. The summed E-state index contributed by atoms with van der Waals surface area (Å²) >= 11 is 0. The number of hydrogen-bond donors (Lipinski definition) is 1. The highest BCUT2D eigenvalue weighted by Gasteiger charge is 2.29. The molecule has 0 atom stereocenters. The van der Waals surface area contributed by atoms with Crippen LogP contribution in [0.15, 0.2) is 18.3 Å². The van der Waals surface area contributed by atoms with Gasteiger partial charge in [-0.2, -0.15) is 9.97 Å². The van der Waals surface area contributed by atoms with Gasteiger partial charge in [0.15, 0.2) is 0 Å². The Morgan fingerprint density at radius 2 is 2.03 bits per heavy atom. The van der Waals surface area contributed by atoms with Crippen molar-refractivity contribution in [3.63, 3.8) is 0 Å². The van der Waals surface area contributed by atoms with E-state index < -0.39 is 16.6 Å². The lowest BCUT2D eigenvalue weighted by atomic mass is 10.2. The molecule has 31 heavy (non-hydrogen) atoms. The zero-order valence-corrected chi connectivity index (χ0v) is 17.3. The monoisotopic (exact) mass is 434 g/mol. The Kier molecular flexibility index (Phi) is 10.1. The van der Waals surface area contributed by atoms with Crippen molar-refractivity contribution in [3.8, 4) is 6.01 Å². The molecule has 0 amide bonds. The van der Waals surface area contributed by atoms with Crippen LogP contribution < -0.4 is 15.4 Å². The van der Waals surface area contributed by atoms with Crippen molar-refractivity contribution < 1.29 is 19.2 Å². The molecule has 0 aliphatic rings. The molecule has 2 heterocycles. The molecule has 0 saturated heterocycles. The second-order valence-electron chi connectivity index (χ2n) is 6.49. The molecule has 2 rings (SSSR count). The maximum Gasteiger partial charge on any atom is 0.353 e. The van der Waals surface area contributed by atoms with Crippen molar-refractivity contribution in [2.45, 2.75) is 47.6 Å². The highest BCUT2D eigenvalue weighted by Crippen LogP contribution is 2.33. The normalized spacial score (nSPS) is 10.2. The number of hydrogen-bond acceptors (Lipinski definition) is 10. The van der Waals surface area contributed by atoms with Gasteiger partial charge in [-0.1, -0.05) is 26.8 Å². The number of ether oxygens (including phenoxy) is 2. The van der Waals surface area contributed by atoms with Crippen LogP contribution in [0.3, 0.4) is 0 Å². The first-order chi connectivity index (χ1) is 14.3. The summed E-state index contributed by atoms with van der Waals surface area (Å²) in [7, 11) is 0. The zero-order valence-electron chi connectivity index (χ0n) is 17.3. The summed E-state index contributed by atoms with van der Waals surface area (Å²) in [5.74, 6) is -1.02. The molecule has 0 aliphatic carbocycles. The van der Waals surface area contributed by atoms with E-state index >= 15 is 0 Å². The van der Waals surface area contributed by atoms with E-state index in [0.717, 1.165) is 24.1 Å². The Balaban J connectivity index is 0.00000480. The number of nitro groups is 1. The molecule has 0 aliphatic heterocycles. The van der Waals surface area contributed by atoms with Crippen LogP contribution in [-0.4, -0.2) is 45.6 Å². The molecule has 0 unspecified atom stereocenters. The summed E-state index contributed by atoms with van der Waals surface area (Å²) in [4.78, 5) is 36.9. The average molecular weight is 434 g/mol. The molecule has 2 aromatic rings. The Labute approximate surface area is 181 Å². The highest BCUT2D eigenvalue weighted by molar-refractivity contribution is 5.78. The second-order valence-corrected chi connectivity index (χ2v) is 6.49. The number of esters is 1. The van der Waals surface area contributed by atoms with Crippen LogP contribution in [0.4, 0.5) is 17.3 Å². The van der Waals surface area contributed by atoms with Gasteiger partial charge in [-0.15, -0.1) is 0 Å². The average Bonchev–Trinajstić information content (AvgIpc) is 2.68. The van der Waals surface area contributed by atoms with E-state index in [4.69, 9.17) is 15.2 Å². The topological polar surface area (TPSA) is 147 Å². The Morgan fingerprint density at radius 1 is 1.29 bits per heavy atom. The predicted octanol–water partition coefficient (Wildman–Crippen LogP) is 3.06. The van der Waals surface area contributed by atoms with Crippen LogP contribution in [0.5, 0.6) is 6.01 Å². The lowest BCUT2D eigenvalue weighted by Gasteiger charge is -2.23. The minimum absolute atomic E-state index is 0. The molecule has 0 spiro atoms. The maximum absolute atomic E-state index is 12.2. The fraction of sp³-hybridized carbons (Fsp3) is 0.500. The number of anilines is 2. The van der Waals surface area contributed by atoms with Crippen LogP contribution in [-0.2, 0) is 16.1 Å². The number of rotatable bonds is 11. The molecule has 2 aromatic heterocycles. The van der Waals surface area contributed by atoms with Gasteiger partial charge in [0, 0.05) is 18.4 Å². The SMILES string of the molecule is C.CCCCOc1nc(N)c([N+](=O)[O-])c(N(CC(=O)OCC)Cc2ccc(C)nc2)n1. The summed E-state index contributed by atoms with van der Waals surface area (Å²) in [6.45, 7) is 5.89. The molecule has 0 fully saturated rings. The summed E-state index contributed by atoms with van der Waals surface area (Å²) in [5, 5.41) is 11.7. The number of carbonyl (C=O) groups excluding carboxylic acids is 1. The van der Waals surface area contributed by atoms with Gasteiger partial charge < -0.3 is 20.1 Å². The molecule has 0 saturated carbocycles. The summed E-state index contributed by atoms with van der Waals surface area (Å²) in [5.41, 5.74) is 6.89. The second kappa shape index (κ2) is 12.3. The third-order valence-electron chi connectivity index (χ3n) is 4.05. The number of nitrogen functional groups attached to an aromatic ring is 1. The minimum atomic E-state index is -0.675. The first-order valence-electron chi connectivity index (χ1n) is 9.62.